The first-order valence-corrected chi connectivity index (χ1v) is 5.61. The smallest absolute Gasteiger partial charge is 0.373 e. The van der Waals surface area contributed by atoms with Gasteiger partial charge in [0.2, 0.25) is 0 Å². The molecule has 0 bridgehead atoms. The van der Waals surface area contributed by atoms with Crippen LogP contribution in [-0.2, 0) is 16.5 Å². The molecule has 1 saturated carbocycles. The molecule has 0 aliphatic heterocycles. The topological polar surface area (TPSA) is 9.23 Å². The van der Waals surface area contributed by atoms with Gasteiger partial charge in [0.05, 0.1) is 11.2 Å². The molecule has 0 atom stereocenters. The first kappa shape index (κ1) is 11.9. The van der Waals surface area contributed by atoms with Gasteiger partial charge in [-0.25, -0.2) is 0 Å². The number of halogens is 4. The van der Waals surface area contributed by atoms with Crippen LogP contribution in [0.4, 0.5) is 13.2 Å². The highest BCUT2D eigenvalue weighted by molar-refractivity contribution is 9.10. The molecule has 0 saturated heterocycles. The fourth-order valence-corrected chi connectivity index (χ4v) is 2.50. The number of hydrogen-bond donors (Lipinski definition) is 0. The Morgan fingerprint density at radius 2 is 1.94 bits per heavy atom. The maximum atomic E-state index is 12.4. The van der Waals surface area contributed by atoms with Crippen LogP contribution in [0.2, 0.25) is 0 Å². The molecule has 0 aromatic heterocycles. The van der Waals surface area contributed by atoms with Crippen molar-refractivity contribution in [2.45, 2.75) is 24.6 Å². The van der Waals surface area contributed by atoms with E-state index >= 15 is 0 Å². The Morgan fingerprint density at radius 3 is 2.31 bits per heavy atom. The second kappa shape index (κ2) is 3.74. The lowest BCUT2D eigenvalue weighted by atomic mass is 10.1. The Morgan fingerprint density at radius 1 is 1.31 bits per heavy atom. The molecule has 1 fully saturated rings. The lowest BCUT2D eigenvalue weighted by Gasteiger charge is -2.17. The van der Waals surface area contributed by atoms with E-state index in [0.29, 0.717) is 4.47 Å². The summed E-state index contributed by atoms with van der Waals surface area (Å²) in [5, 5.41) is 0. The Labute approximate surface area is 99.7 Å². The van der Waals surface area contributed by atoms with E-state index in [-0.39, 0.29) is 5.60 Å². The normalized spacial score (nSPS) is 18.6. The van der Waals surface area contributed by atoms with E-state index in [1.54, 1.807) is 7.11 Å². The van der Waals surface area contributed by atoms with Gasteiger partial charge >= 0.3 is 6.18 Å². The number of hydrogen-bond acceptors (Lipinski definition) is 1. The third kappa shape index (κ3) is 1.98. The fourth-order valence-electron chi connectivity index (χ4n) is 1.76. The summed E-state index contributed by atoms with van der Waals surface area (Å²) in [5.74, 6) is 0. The second-order valence-electron chi connectivity index (χ2n) is 3.89. The molecule has 5 heteroatoms. The van der Waals surface area contributed by atoms with Crippen molar-refractivity contribution in [1.29, 1.82) is 0 Å². The largest absolute Gasteiger partial charge is 0.416 e. The lowest BCUT2D eigenvalue weighted by Crippen LogP contribution is -2.11. The first-order chi connectivity index (χ1) is 7.39. The third-order valence-electron chi connectivity index (χ3n) is 2.88. The van der Waals surface area contributed by atoms with Crippen LogP contribution < -0.4 is 0 Å². The molecule has 1 aliphatic rings. The van der Waals surface area contributed by atoms with Crippen LogP contribution in [0, 0.1) is 0 Å². The summed E-state index contributed by atoms with van der Waals surface area (Å²) in [6.45, 7) is 0. The van der Waals surface area contributed by atoms with E-state index < -0.39 is 11.7 Å². The van der Waals surface area contributed by atoms with Gasteiger partial charge in [0.15, 0.2) is 0 Å². The first-order valence-electron chi connectivity index (χ1n) is 4.81. The standard InChI is InChI=1S/C11H10BrF3O/c1-16-10(4-5-10)8-3-2-7(6-9(8)12)11(13,14)15/h2-3,6H,4-5H2,1H3. The molecule has 0 unspecified atom stereocenters. The molecule has 1 nitrogen and oxygen atoms in total. The summed E-state index contributed by atoms with van der Waals surface area (Å²) in [5.41, 5.74) is -0.221. The Bertz CT molecular complexity index is 410. The van der Waals surface area contributed by atoms with Gasteiger partial charge in [0, 0.05) is 11.6 Å². The Hall–Kier alpha value is -0.550. The van der Waals surface area contributed by atoms with Crippen molar-refractivity contribution >= 4 is 15.9 Å². The van der Waals surface area contributed by atoms with Gasteiger partial charge in [-0.2, -0.15) is 13.2 Å². The Balaban J connectivity index is 2.38. The van der Waals surface area contributed by atoms with E-state index in [2.05, 4.69) is 15.9 Å². The van der Waals surface area contributed by atoms with E-state index in [9.17, 15) is 13.2 Å². The molecule has 1 aromatic carbocycles. The lowest BCUT2D eigenvalue weighted by molar-refractivity contribution is -0.137. The van der Waals surface area contributed by atoms with Gasteiger partial charge in [-0.3, -0.25) is 0 Å². The summed E-state index contributed by atoms with van der Waals surface area (Å²) >= 11 is 3.18. The summed E-state index contributed by atoms with van der Waals surface area (Å²) in [6, 6.07) is 3.69. The van der Waals surface area contributed by atoms with Crippen LogP contribution in [0.5, 0.6) is 0 Å². The van der Waals surface area contributed by atoms with Crippen molar-refractivity contribution in [3.8, 4) is 0 Å². The van der Waals surface area contributed by atoms with Crippen LogP contribution in [-0.4, -0.2) is 7.11 Å². The van der Waals surface area contributed by atoms with Crippen LogP contribution in [0.25, 0.3) is 0 Å². The van der Waals surface area contributed by atoms with Gasteiger partial charge in [-0.1, -0.05) is 22.0 Å². The molecule has 2 rings (SSSR count). The predicted octanol–water partition coefficient (Wildman–Crippen LogP) is 4.10. The third-order valence-corrected chi connectivity index (χ3v) is 3.54. The van der Waals surface area contributed by atoms with Gasteiger partial charge in [-0.15, -0.1) is 0 Å². The van der Waals surface area contributed by atoms with Crippen molar-refractivity contribution in [2.75, 3.05) is 7.11 Å². The molecule has 0 radical (unpaired) electrons. The van der Waals surface area contributed by atoms with Crippen LogP contribution in [0.1, 0.15) is 24.0 Å². The highest BCUT2D eigenvalue weighted by atomic mass is 79.9. The average molecular weight is 295 g/mol. The van der Waals surface area contributed by atoms with Gasteiger partial charge in [0.25, 0.3) is 0 Å². The molecule has 16 heavy (non-hydrogen) atoms. The average Bonchev–Trinajstić information content (AvgIpc) is 2.97. The van der Waals surface area contributed by atoms with E-state index in [1.165, 1.54) is 6.07 Å². The predicted molar refractivity (Wildman–Crippen MR) is 57.1 cm³/mol. The molecule has 0 spiro atoms. The maximum absolute atomic E-state index is 12.4. The van der Waals surface area contributed by atoms with Gasteiger partial charge < -0.3 is 4.74 Å². The summed E-state index contributed by atoms with van der Waals surface area (Å²) < 4.78 is 43.1. The minimum Gasteiger partial charge on any atom is -0.373 e. The molecule has 0 amide bonds. The van der Waals surface area contributed by atoms with Crippen LogP contribution in [0.15, 0.2) is 22.7 Å². The van der Waals surface area contributed by atoms with Gasteiger partial charge in [-0.05, 0) is 30.5 Å². The summed E-state index contributed by atoms with van der Waals surface area (Å²) in [6.07, 6.45) is -2.59. The molecule has 1 aromatic rings. The summed E-state index contributed by atoms with van der Waals surface area (Å²) in [4.78, 5) is 0. The highest BCUT2D eigenvalue weighted by Crippen LogP contribution is 2.51. The number of alkyl halides is 3. The zero-order chi connectivity index (χ0) is 12.0. The minimum absolute atomic E-state index is 0.372. The minimum atomic E-state index is -4.30. The quantitative estimate of drug-likeness (QED) is 0.798. The van der Waals surface area contributed by atoms with Crippen molar-refractivity contribution in [1.82, 2.24) is 0 Å². The number of methoxy groups -OCH3 is 1. The zero-order valence-electron chi connectivity index (χ0n) is 8.57. The van der Waals surface area contributed by atoms with E-state index in [4.69, 9.17) is 4.74 Å². The molecular formula is C11H10BrF3O. The van der Waals surface area contributed by atoms with Crippen molar-refractivity contribution in [3.05, 3.63) is 33.8 Å². The number of ether oxygens (including phenoxy) is 1. The van der Waals surface area contributed by atoms with E-state index in [1.807, 2.05) is 0 Å². The monoisotopic (exact) mass is 294 g/mol. The van der Waals surface area contributed by atoms with Crippen molar-refractivity contribution < 1.29 is 17.9 Å². The van der Waals surface area contributed by atoms with Crippen molar-refractivity contribution in [3.63, 3.8) is 0 Å². The second-order valence-corrected chi connectivity index (χ2v) is 4.75. The zero-order valence-corrected chi connectivity index (χ0v) is 10.2. The molecule has 0 N–H and O–H groups in total. The molecule has 1 aliphatic carbocycles. The van der Waals surface area contributed by atoms with Crippen molar-refractivity contribution in [2.24, 2.45) is 0 Å². The molecule has 88 valence electrons. The van der Waals surface area contributed by atoms with Gasteiger partial charge in [0.1, 0.15) is 0 Å². The SMILES string of the molecule is COC1(c2ccc(C(F)(F)F)cc2Br)CC1. The van der Waals surface area contributed by atoms with Crippen LogP contribution in [0.3, 0.4) is 0 Å². The molecular weight excluding hydrogens is 285 g/mol. The fraction of sp³-hybridized carbons (Fsp3) is 0.455. The van der Waals surface area contributed by atoms with Crippen LogP contribution >= 0.6 is 15.9 Å². The Kier molecular flexibility index (Phi) is 2.78. The maximum Gasteiger partial charge on any atom is 0.416 e. The number of rotatable bonds is 2. The highest BCUT2D eigenvalue weighted by Gasteiger charge is 2.46. The number of benzene rings is 1. The van der Waals surface area contributed by atoms with E-state index in [0.717, 1.165) is 30.5 Å². The summed E-state index contributed by atoms with van der Waals surface area (Å²) in [7, 11) is 1.58. The molecule has 0 heterocycles.